The number of hydrogen-bond acceptors (Lipinski definition) is 2. The SMILES string of the molecule is CCNCCC1CNCc2[nH]c3cc(C)ccc3c21. The van der Waals surface area contributed by atoms with Gasteiger partial charge in [-0.3, -0.25) is 0 Å². The number of hydrogen-bond donors (Lipinski definition) is 3. The first-order valence-corrected chi connectivity index (χ1v) is 7.32. The van der Waals surface area contributed by atoms with Crippen LogP contribution in [0.25, 0.3) is 10.9 Å². The van der Waals surface area contributed by atoms with Crippen molar-refractivity contribution in [1.29, 1.82) is 0 Å². The Bertz CT molecular complexity index is 571. The largest absolute Gasteiger partial charge is 0.357 e. The molecule has 0 radical (unpaired) electrons. The van der Waals surface area contributed by atoms with Crippen LogP contribution in [-0.4, -0.2) is 24.6 Å². The highest BCUT2D eigenvalue weighted by atomic mass is 14.9. The molecule has 1 unspecified atom stereocenters. The number of aromatic amines is 1. The van der Waals surface area contributed by atoms with E-state index >= 15 is 0 Å². The van der Waals surface area contributed by atoms with Gasteiger partial charge in [-0.1, -0.05) is 19.1 Å². The Hall–Kier alpha value is -1.32. The number of aryl methyl sites for hydroxylation is 1. The van der Waals surface area contributed by atoms with Crippen molar-refractivity contribution in [1.82, 2.24) is 15.6 Å². The molecule has 0 fully saturated rings. The van der Waals surface area contributed by atoms with E-state index in [1.807, 2.05) is 0 Å². The fourth-order valence-corrected chi connectivity index (χ4v) is 3.17. The zero-order chi connectivity index (χ0) is 13.2. The molecule has 3 rings (SSSR count). The lowest BCUT2D eigenvalue weighted by Gasteiger charge is -2.24. The maximum Gasteiger partial charge on any atom is 0.0462 e. The summed E-state index contributed by atoms with van der Waals surface area (Å²) in [6, 6.07) is 6.76. The van der Waals surface area contributed by atoms with Crippen LogP contribution in [0.3, 0.4) is 0 Å². The molecule has 1 aliphatic rings. The van der Waals surface area contributed by atoms with E-state index in [1.165, 1.54) is 28.6 Å². The lowest BCUT2D eigenvalue weighted by atomic mass is 9.90. The van der Waals surface area contributed by atoms with E-state index in [-0.39, 0.29) is 0 Å². The number of fused-ring (bicyclic) bond motifs is 3. The molecule has 1 atom stereocenters. The second-order valence-corrected chi connectivity index (χ2v) is 5.54. The Morgan fingerprint density at radius 2 is 2.26 bits per heavy atom. The van der Waals surface area contributed by atoms with Crippen molar-refractivity contribution >= 4 is 10.9 Å². The molecule has 3 nitrogen and oxygen atoms in total. The Morgan fingerprint density at radius 1 is 1.37 bits per heavy atom. The minimum Gasteiger partial charge on any atom is -0.357 e. The van der Waals surface area contributed by atoms with Crippen molar-refractivity contribution < 1.29 is 0 Å². The Kier molecular flexibility index (Phi) is 3.58. The highest BCUT2D eigenvalue weighted by Crippen LogP contribution is 2.33. The van der Waals surface area contributed by atoms with E-state index in [9.17, 15) is 0 Å². The first kappa shape index (κ1) is 12.7. The van der Waals surface area contributed by atoms with Crippen molar-refractivity contribution in [2.24, 2.45) is 0 Å². The number of aromatic nitrogens is 1. The summed E-state index contributed by atoms with van der Waals surface area (Å²) < 4.78 is 0. The van der Waals surface area contributed by atoms with Crippen molar-refractivity contribution in [3.63, 3.8) is 0 Å². The summed E-state index contributed by atoms with van der Waals surface area (Å²) in [5.74, 6) is 0.624. The van der Waals surface area contributed by atoms with Gasteiger partial charge in [0.25, 0.3) is 0 Å². The lowest BCUT2D eigenvalue weighted by Crippen LogP contribution is -2.30. The lowest BCUT2D eigenvalue weighted by molar-refractivity contribution is 0.498. The van der Waals surface area contributed by atoms with Gasteiger partial charge in [0, 0.05) is 29.7 Å². The fraction of sp³-hybridized carbons (Fsp3) is 0.500. The molecule has 3 N–H and O–H groups in total. The second kappa shape index (κ2) is 5.35. The summed E-state index contributed by atoms with van der Waals surface area (Å²) in [6.45, 7) is 8.54. The number of nitrogens with one attached hydrogen (secondary N) is 3. The molecule has 0 saturated heterocycles. The first-order chi connectivity index (χ1) is 9.29. The van der Waals surface area contributed by atoms with Crippen molar-refractivity contribution in [2.75, 3.05) is 19.6 Å². The van der Waals surface area contributed by atoms with E-state index in [0.29, 0.717) is 5.92 Å². The number of rotatable bonds is 4. The minimum atomic E-state index is 0.624. The van der Waals surface area contributed by atoms with Gasteiger partial charge < -0.3 is 15.6 Å². The van der Waals surface area contributed by atoms with Gasteiger partial charge in [-0.25, -0.2) is 0 Å². The quantitative estimate of drug-likeness (QED) is 0.737. The van der Waals surface area contributed by atoms with Gasteiger partial charge in [-0.05, 0) is 49.5 Å². The molecule has 1 aliphatic heterocycles. The van der Waals surface area contributed by atoms with E-state index < -0.39 is 0 Å². The van der Waals surface area contributed by atoms with Crippen LogP contribution < -0.4 is 10.6 Å². The number of H-pyrrole nitrogens is 1. The highest BCUT2D eigenvalue weighted by Gasteiger charge is 2.23. The van der Waals surface area contributed by atoms with E-state index in [1.54, 1.807) is 5.56 Å². The smallest absolute Gasteiger partial charge is 0.0462 e. The zero-order valence-corrected chi connectivity index (χ0v) is 11.8. The molecule has 2 aromatic rings. The van der Waals surface area contributed by atoms with Gasteiger partial charge in [0.15, 0.2) is 0 Å². The van der Waals surface area contributed by atoms with Crippen LogP contribution in [0, 0.1) is 6.92 Å². The molecule has 0 spiro atoms. The normalized spacial score (nSPS) is 18.7. The summed E-state index contributed by atoms with van der Waals surface area (Å²) >= 11 is 0. The second-order valence-electron chi connectivity index (χ2n) is 5.54. The molecule has 2 heterocycles. The maximum atomic E-state index is 3.59. The molecule has 1 aromatic carbocycles. The summed E-state index contributed by atoms with van der Waals surface area (Å²) in [5, 5.41) is 8.39. The van der Waals surface area contributed by atoms with Crippen LogP contribution in [0.4, 0.5) is 0 Å². The van der Waals surface area contributed by atoms with Crippen LogP contribution in [0.1, 0.15) is 36.1 Å². The Labute approximate surface area is 114 Å². The molecule has 0 bridgehead atoms. The Balaban J connectivity index is 1.95. The third-order valence-electron chi connectivity index (χ3n) is 4.10. The van der Waals surface area contributed by atoms with Gasteiger partial charge in [0.05, 0.1) is 0 Å². The maximum absolute atomic E-state index is 3.59. The van der Waals surface area contributed by atoms with Gasteiger partial charge in [0.2, 0.25) is 0 Å². The Morgan fingerprint density at radius 3 is 3.11 bits per heavy atom. The van der Waals surface area contributed by atoms with Crippen LogP contribution in [0.2, 0.25) is 0 Å². The van der Waals surface area contributed by atoms with Crippen molar-refractivity contribution in [3.05, 3.63) is 35.0 Å². The molecule has 102 valence electrons. The predicted octanol–water partition coefficient (Wildman–Crippen LogP) is 2.66. The molecular formula is C16H23N3. The minimum absolute atomic E-state index is 0.624. The molecule has 3 heteroatoms. The molecule has 19 heavy (non-hydrogen) atoms. The van der Waals surface area contributed by atoms with Crippen LogP contribution in [-0.2, 0) is 6.54 Å². The van der Waals surface area contributed by atoms with Crippen LogP contribution in [0.5, 0.6) is 0 Å². The number of benzene rings is 1. The van der Waals surface area contributed by atoms with Gasteiger partial charge in [-0.2, -0.15) is 0 Å². The molecule has 0 aliphatic carbocycles. The zero-order valence-electron chi connectivity index (χ0n) is 11.8. The van der Waals surface area contributed by atoms with Gasteiger partial charge in [0.1, 0.15) is 0 Å². The highest BCUT2D eigenvalue weighted by molar-refractivity contribution is 5.86. The van der Waals surface area contributed by atoms with Crippen molar-refractivity contribution in [3.8, 4) is 0 Å². The van der Waals surface area contributed by atoms with E-state index in [0.717, 1.165) is 26.2 Å². The van der Waals surface area contributed by atoms with Crippen LogP contribution >= 0.6 is 0 Å². The summed E-state index contributed by atoms with van der Waals surface area (Å²) in [6.07, 6.45) is 1.20. The van der Waals surface area contributed by atoms with Gasteiger partial charge in [-0.15, -0.1) is 0 Å². The topological polar surface area (TPSA) is 39.8 Å². The third-order valence-corrected chi connectivity index (χ3v) is 4.10. The average molecular weight is 257 g/mol. The average Bonchev–Trinajstić information content (AvgIpc) is 2.77. The summed E-state index contributed by atoms with van der Waals surface area (Å²) in [7, 11) is 0. The standard InChI is InChI=1S/C16H23N3/c1-3-17-7-6-12-9-18-10-15-16(12)13-5-4-11(2)8-14(13)19-15/h4-5,8,12,17-19H,3,6-7,9-10H2,1-2H3. The first-order valence-electron chi connectivity index (χ1n) is 7.32. The molecule has 1 aromatic heterocycles. The predicted molar refractivity (Wildman–Crippen MR) is 80.6 cm³/mol. The third kappa shape index (κ3) is 2.40. The van der Waals surface area contributed by atoms with E-state index in [2.05, 4.69) is 47.7 Å². The van der Waals surface area contributed by atoms with Crippen LogP contribution in [0.15, 0.2) is 18.2 Å². The summed E-state index contributed by atoms with van der Waals surface area (Å²) in [4.78, 5) is 3.59. The van der Waals surface area contributed by atoms with Gasteiger partial charge >= 0.3 is 0 Å². The fourth-order valence-electron chi connectivity index (χ4n) is 3.17. The summed E-state index contributed by atoms with van der Waals surface area (Å²) in [5.41, 5.74) is 5.55. The van der Waals surface area contributed by atoms with Crippen molar-refractivity contribution in [2.45, 2.75) is 32.7 Å². The monoisotopic (exact) mass is 257 g/mol. The molecule has 0 amide bonds. The molecular weight excluding hydrogens is 234 g/mol. The molecule has 0 saturated carbocycles. The van der Waals surface area contributed by atoms with E-state index in [4.69, 9.17) is 0 Å².